The highest BCUT2D eigenvalue weighted by Gasteiger charge is 2.50. The second-order valence-electron chi connectivity index (χ2n) is 13.5. The zero-order valence-corrected chi connectivity index (χ0v) is 26.7. The minimum absolute atomic E-state index is 0.160. The summed E-state index contributed by atoms with van der Waals surface area (Å²) in [6.07, 6.45) is 4.58. The summed E-state index contributed by atoms with van der Waals surface area (Å²) in [5.41, 5.74) is 4.24. The maximum absolute atomic E-state index is 15.0. The van der Waals surface area contributed by atoms with Crippen molar-refractivity contribution in [3.63, 3.8) is 0 Å². The number of ether oxygens (including phenoxy) is 1. The van der Waals surface area contributed by atoms with Crippen molar-refractivity contribution in [3.05, 3.63) is 101 Å². The van der Waals surface area contributed by atoms with Crippen LogP contribution in [-0.2, 0) is 38.5 Å². The van der Waals surface area contributed by atoms with Gasteiger partial charge in [-0.15, -0.1) is 0 Å². The number of aliphatic carboxylic acids is 1. The maximum Gasteiger partial charge on any atom is 0.415 e. The Balaban J connectivity index is 1.23. The molecule has 0 spiro atoms. The summed E-state index contributed by atoms with van der Waals surface area (Å²) in [5, 5.41) is 10.2. The van der Waals surface area contributed by atoms with Crippen molar-refractivity contribution in [2.24, 2.45) is 5.92 Å². The van der Waals surface area contributed by atoms with E-state index >= 15 is 0 Å². The van der Waals surface area contributed by atoms with Gasteiger partial charge in [0.15, 0.2) is 0 Å². The number of hydrogen-bond donors (Lipinski definition) is 1. The van der Waals surface area contributed by atoms with Crippen LogP contribution < -0.4 is 4.90 Å². The van der Waals surface area contributed by atoms with Crippen LogP contribution in [0.2, 0.25) is 0 Å². The van der Waals surface area contributed by atoms with Gasteiger partial charge in [0, 0.05) is 19.4 Å². The van der Waals surface area contributed by atoms with Gasteiger partial charge < -0.3 is 19.6 Å². The molecule has 47 heavy (non-hydrogen) atoms. The highest BCUT2D eigenvalue weighted by atomic mass is 16.6. The first-order chi connectivity index (χ1) is 22.8. The SMILES string of the molecule is C[C@H]1CCCC[C@H]1OC(=O)N1c2ccccc2C[C@@H]1C(=O)N1[C@@H](C(=O)N2Cc3ccccc3CC2C(=O)O)CC[C@H]1c1ccccc1. The van der Waals surface area contributed by atoms with Gasteiger partial charge in [0.2, 0.25) is 11.8 Å². The lowest BCUT2D eigenvalue weighted by atomic mass is 9.88. The van der Waals surface area contributed by atoms with Crippen molar-refractivity contribution >= 4 is 29.6 Å². The number of benzene rings is 3. The zero-order valence-electron chi connectivity index (χ0n) is 26.7. The summed E-state index contributed by atoms with van der Waals surface area (Å²) in [7, 11) is 0. The number of carboxylic acid groups (broad SMARTS) is 1. The molecule has 9 heteroatoms. The smallest absolute Gasteiger partial charge is 0.415 e. The summed E-state index contributed by atoms with van der Waals surface area (Å²) in [4.78, 5) is 60.6. The Morgan fingerprint density at radius 2 is 1.36 bits per heavy atom. The molecule has 1 N–H and O–H groups in total. The molecule has 0 radical (unpaired) electrons. The first-order valence-corrected chi connectivity index (χ1v) is 16.9. The number of carbonyl (C=O) groups is 4. The second-order valence-corrected chi connectivity index (χ2v) is 13.5. The first kappa shape index (κ1) is 31.0. The van der Waals surface area contributed by atoms with Crippen LogP contribution in [0, 0.1) is 5.92 Å². The highest BCUT2D eigenvalue weighted by Crippen LogP contribution is 2.42. The number of amides is 3. The van der Waals surface area contributed by atoms with Gasteiger partial charge in [-0.2, -0.15) is 0 Å². The van der Waals surface area contributed by atoms with E-state index in [2.05, 4.69) is 6.92 Å². The van der Waals surface area contributed by atoms with E-state index in [0.29, 0.717) is 24.9 Å². The van der Waals surface area contributed by atoms with Crippen molar-refractivity contribution in [2.45, 2.75) is 95.1 Å². The number of para-hydroxylation sites is 1. The summed E-state index contributed by atoms with van der Waals surface area (Å²) < 4.78 is 6.12. The van der Waals surface area contributed by atoms with Crippen LogP contribution in [0.3, 0.4) is 0 Å². The van der Waals surface area contributed by atoms with Gasteiger partial charge in [-0.1, -0.05) is 86.1 Å². The average Bonchev–Trinajstić information content (AvgIpc) is 3.71. The molecule has 1 saturated carbocycles. The molecule has 3 aliphatic heterocycles. The largest absolute Gasteiger partial charge is 0.480 e. The fourth-order valence-electron chi connectivity index (χ4n) is 8.15. The topological polar surface area (TPSA) is 107 Å². The van der Waals surface area contributed by atoms with Gasteiger partial charge in [0.25, 0.3) is 0 Å². The first-order valence-electron chi connectivity index (χ1n) is 16.9. The quantitative estimate of drug-likeness (QED) is 0.374. The van der Waals surface area contributed by atoms with Gasteiger partial charge in [0.05, 0.1) is 11.7 Å². The number of fused-ring (bicyclic) bond motifs is 2. The van der Waals surface area contributed by atoms with Crippen LogP contribution in [0.5, 0.6) is 0 Å². The van der Waals surface area contributed by atoms with Crippen LogP contribution in [0.1, 0.15) is 73.7 Å². The second kappa shape index (κ2) is 12.9. The summed E-state index contributed by atoms with van der Waals surface area (Å²) in [6.45, 7) is 2.26. The third-order valence-corrected chi connectivity index (χ3v) is 10.7. The maximum atomic E-state index is 15.0. The molecule has 0 bridgehead atoms. The molecular weight excluding hydrogens is 594 g/mol. The van der Waals surface area contributed by atoms with E-state index in [-0.39, 0.29) is 36.8 Å². The van der Waals surface area contributed by atoms with E-state index in [0.717, 1.165) is 47.9 Å². The van der Waals surface area contributed by atoms with Gasteiger partial charge in [-0.3, -0.25) is 14.5 Å². The molecule has 3 amide bonds. The van der Waals surface area contributed by atoms with Crippen LogP contribution in [0.15, 0.2) is 78.9 Å². The molecule has 4 aliphatic rings. The van der Waals surface area contributed by atoms with Crippen molar-refractivity contribution < 1.29 is 29.0 Å². The zero-order chi connectivity index (χ0) is 32.7. The van der Waals surface area contributed by atoms with E-state index in [1.165, 1.54) is 9.80 Å². The number of carbonyl (C=O) groups excluding carboxylic acids is 3. The number of nitrogens with zero attached hydrogens (tertiary/aromatic N) is 3. The van der Waals surface area contributed by atoms with Gasteiger partial charge in [-0.05, 0) is 66.3 Å². The predicted molar refractivity (Wildman–Crippen MR) is 175 cm³/mol. The molecule has 3 aromatic carbocycles. The normalized spacial score (nSPS) is 26.8. The minimum Gasteiger partial charge on any atom is -0.480 e. The molecule has 3 heterocycles. The molecule has 6 atom stereocenters. The van der Waals surface area contributed by atoms with Crippen LogP contribution in [0.25, 0.3) is 0 Å². The lowest BCUT2D eigenvalue weighted by Crippen LogP contribution is -2.58. The fourth-order valence-corrected chi connectivity index (χ4v) is 8.15. The van der Waals surface area contributed by atoms with Crippen LogP contribution in [-0.4, -0.2) is 63.0 Å². The molecule has 1 unspecified atom stereocenters. The van der Waals surface area contributed by atoms with Gasteiger partial charge in [-0.25, -0.2) is 9.59 Å². The number of anilines is 1. The number of carboxylic acids is 1. The third kappa shape index (κ3) is 5.77. The van der Waals surface area contributed by atoms with E-state index in [9.17, 15) is 24.3 Å². The van der Waals surface area contributed by atoms with E-state index in [1.54, 1.807) is 4.90 Å². The van der Waals surface area contributed by atoms with Crippen molar-refractivity contribution in [2.75, 3.05) is 4.90 Å². The monoisotopic (exact) mass is 635 g/mol. The molecule has 9 nitrogen and oxygen atoms in total. The standard InChI is InChI=1S/C38H41N3O6/c1-24-11-5-10-18-34(24)47-38(46)41-29-17-9-8-15-27(29)22-32(41)36(43)40-30(25-12-3-2-4-13-25)19-20-31(40)35(42)39-23-28-16-7-6-14-26(28)21-33(39)37(44)45/h2-4,6-9,12-17,24,30-34H,5,10-11,18-23H2,1H3,(H,44,45)/t24-,30-,31+,32+,33?,34+/m0/s1. The van der Waals surface area contributed by atoms with E-state index < -0.39 is 36.2 Å². The number of rotatable bonds is 5. The summed E-state index contributed by atoms with van der Waals surface area (Å²) in [6, 6.07) is 21.5. The summed E-state index contributed by atoms with van der Waals surface area (Å²) in [5.74, 6) is -1.54. The molecule has 0 aromatic heterocycles. The molecule has 3 aromatic rings. The van der Waals surface area contributed by atoms with Gasteiger partial charge >= 0.3 is 12.1 Å². The van der Waals surface area contributed by atoms with Crippen molar-refractivity contribution in [1.29, 1.82) is 0 Å². The Morgan fingerprint density at radius 1 is 0.702 bits per heavy atom. The lowest BCUT2D eigenvalue weighted by molar-refractivity contribution is -0.155. The van der Waals surface area contributed by atoms with Crippen molar-refractivity contribution in [1.82, 2.24) is 9.80 Å². The van der Waals surface area contributed by atoms with Crippen LogP contribution >= 0.6 is 0 Å². The molecule has 2 fully saturated rings. The molecule has 1 aliphatic carbocycles. The Bertz CT molecular complexity index is 1680. The number of hydrogen-bond acceptors (Lipinski definition) is 5. The third-order valence-electron chi connectivity index (χ3n) is 10.7. The number of likely N-dealkylation sites (tertiary alicyclic amines) is 1. The molecule has 7 rings (SSSR count). The molecule has 244 valence electrons. The molecular formula is C38H41N3O6. The Labute approximate surface area is 275 Å². The van der Waals surface area contributed by atoms with Gasteiger partial charge in [0.1, 0.15) is 24.2 Å². The lowest BCUT2D eigenvalue weighted by Gasteiger charge is -2.40. The van der Waals surface area contributed by atoms with E-state index in [1.807, 2.05) is 78.9 Å². The fraction of sp³-hybridized carbons (Fsp3) is 0.421. The molecule has 1 saturated heterocycles. The van der Waals surface area contributed by atoms with E-state index in [4.69, 9.17) is 4.74 Å². The Hall–Kier alpha value is -4.66. The Kier molecular flexibility index (Phi) is 8.47. The highest BCUT2D eigenvalue weighted by molar-refractivity contribution is 6.02. The minimum atomic E-state index is -1.07. The van der Waals surface area contributed by atoms with Crippen LogP contribution in [0.4, 0.5) is 10.5 Å². The predicted octanol–water partition coefficient (Wildman–Crippen LogP) is 5.90. The van der Waals surface area contributed by atoms with Crippen molar-refractivity contribution in [3.8, 4) is 0 Å². The Morgan fingerprint density at radius 3 is 2.11 bits per heavy atom. The average molecular weight is 636 g/mol. The summed E-state index contributed by atoms with van der Waals surface area (Å²) >= 11 is 0.